The molecule has 1 aromatic rings. The first-order chi connectivity index (χ1) is 8.56. The van der Waals surface area contributed by atoms with Crippen LogP contribution in [0, 0.1) is 13.8 Å². The third-order valence-electron chi connectivity index (χ3n) is 3.07. The predicted molar refractivity (Wildman–Crippen MR) is 63.6 cm³/mol. The molecule has 2 rings (SSSR count). The fourth-order valence-corrected chi connectivity index (χ4v) is 1.96. The fraction of sp³-hybridized carbons (Fsp3) is 0.462. The molecule has 0 aromatic heterocycles. The molecule has 1 N–H and O–H groups in total. The summed E-state index contributed by atoms with van der Waals surface area (Å²) < 4.78 is 15.4. The van der Waals surface area contributed by atoms with Crippen LogP contribution in [0.3, 0.4) is 0 Å². The summed E-state index contributed by atoms with van der Waals surface area (Å²) in [6, 6.07) is 1.63. The summed E-state index contributed by atoms with van der Waals surface area (Å²) in [6.45, 7) is 5.79. The van der Waals surface area contributed by atoms with Crippen LogP contribution in [0.2, 0.25) is 0 Å². The number of benzene rings is 1. The van der Waals surface area contributed by atoms with Crippen molar-refractivity contribution < 1.29 is 24.1 Å². The number of esters is 1. The molecule has 1 heterocycles. The van der Waals surface area contributed by atoms with E-state index >= 15 is 0 Å². The maximum atomic E-state index is 11.6. The van der Waals surface area contributed by atoms with Crippen LogP contribution in [0.1, 0.15) is 29.7 Å². The maximum absolute atomic E-state index is 11.6. The summed E-state index contributed by atoms with van der Waals surface area (Å²) in [4.78, 5) is 11.6. The smallest absolute Gasteiger partial charge is 0.339 e. The molecule has 18 heavy (non-hydrogen) atoms. The number of aliphatic hydroxyl groups excluding tert-OH is 1. The van der Waals surface area contributed by atoms with Crippen molar-refractivity contribution in [3.8, 4) is 11.5 Å². The van der Waals surface area contributed by atoms with Crippen LogP contribution in [-0.2, 0) is 9.53 Å². The Morgan fingerprint density at radius 2 is 2.17 bits per heavy atom. The van der Waals surface area contributed by atoms with Gasteiger partial charge >= 0.3 is 5.97 Å². The first-order valence-corrected chi connectivity index (χ1v) is 5.80. The van der Waals surface area contributed by atoms with Gasteiger partial charge in [0.1, 0.15) is 0 Å². The summed E-state index contributed by atoms with van der Waals surface area (Å²) in [5.41, 5.74) is 2.17. The van der Waals surface area contributed by atoms with E-state index in [1.54, 1.807) is 13.0 Å². The minimum atomic E-state index is -1.29. The molecule has 0 fully saturated rings. The van der Waals surface area contributed by atoms with Gasteiger partial charge in [0.25, 0.3) is 0 Å². The van der Waals surface area contributed by atoms with E-state index in [4.69, 9.17) is 14.2 Å². The highest BCUT2D eigenvalue weighted by molar-refractivity contribution is 5.77. The quantitative estimate of drug-likeness (QED) is 0.828. The van der Waals surface area contributed by atoms with Crippen molar-refractivity contribution in [2.75, 3.05) is 13.4 Å². The van der Waals surface area contributed by atoms with Crippen LogP contribution in [0.5, 0.6) is 11.5 Å². The van der Waals surface area contributed by atoms with Crippen LogP contribution < -0.4 is 9.47 Å². The van der Waals surface area contributed by atoms with Gasteiger partial charge in [-0.3, -0.25) is 0 Å². The predicted octanol–water partition coefficient (Wildman–Crippen LogP) is 1.63. The number of carbonyl (C=O) groups is 1. The normalized spacial score (nSPS) is 14.4. The molecule has 1 aliphatic heterocycles. The van der Waals surface area contributed by atoms with E-state index in [0.29, 0.717) is 17.1 Å². The fourth-order valence-electron chi connectivity index (χ4n) is 1.96. The number of rotatable bonds is 3. The number of aliphatic hydroxyl groups is 1. The first kappa shape index (κ1) is 12.7. The Balaban J connectivity index is 2.40. The number of hydrogen-bond acceptors (Lipinski definition) is 5. The van der Waals surface area contributed by atoms with Gasteiger partial charge in [-0.25, -0.2) is 4.79 Å². The zero-order valence-corrected chi connectivity index (χ0v) is 10.6. The third kappa shape index (κ3) is 2.01. The molecular formula is C13H16O5. The SMILES string of the molecule is CCOC(=O)C(O)c1cc2c(c(C)c1C)OCO2. The minimum absolute atomic E-state index is 0.161. The molecule has 98 valence electrons. The second-order valence-corrected chi connectivity index (χ2v) is 4.10. The van der Waals surface area contributed by atoms with E-state index in [9.17, 15) is 9.90 Å². The number of fused-ring (bicyclic) bond motifs is 1. The molecule has 5 heteroatoms. The molecule has 0 radical (unpaired) electrons. The monoisotopic (exact) mass is 252 g/mol. The average Bonchev–Trinajstić information content (AvgIpc) is 2.81. The van der Waals surface area contributed by atoms with Crippen molar-refractivity contribution in [1.29, 1.82) is 0 Å². The van der Waals surface area contributed by atoms with E-state index in [1.807, 2.05) is 13.8 Å². The number of carbonyl (C=O) groups excluding carboxylic acids is 1. The highest BCUT2D eigenvalue weighted by Crippen LogP contribution is 2.40. The molecule has 0 aliphatic carbocycles. The van der Waals surface area contributed by atoms with Gasteiger partial charge in [0.2, 0.25) is 6.79 Å². The van der Waals surface area contributed by atoms with Gasteiger partial charge in [-0.15, -0.1) is 0 Å². The van der Waals surface area contributed by atoms with Gasteiger partial charge in [-0.2, -0.15) is 0 Å². The Hall–Kier alpha value is -1.75. The molecule has 0 amide bonds. The molecular weight excluding hydrogens is 236 g/mol. The van der Waals surface area contributed by atoms with E-state index in [0.717, 1.165) is 11.1 Å². The third-order valence-corrected chi connectivity index (χ3v) is 3.07. The first-order valence-electron chi connectivity index (χ1n) is 5.80. The van der Waals surface area contributed by atoms with Crippen molar-refractivity contribution in [1.82, 2.24) is 0 Å². The Labute approximate surface area is 105 Å². The van der Waals surface area contributed by atoms with Gasteiger partial charge in [-0.1, -0.05) is 0 Å². The van der Waals surface area contributed by atoms with Crippen molar-refractivity contribution >= 4 is 5.97 Å². The Kier molecular flexibility index (Phi) is 3.43. The lowest BCUT2D eigenvalue weighted by atomic mass is 9.97. The topological polar surface area (TPSA) is 65.0 Å². The lowest BCUT2D eigenvalue weighted by Gasteiger charge is -2.15. The summed E-state index contributed by atoms with van der Waals surface area (Å²) in [6.07, 6.45) is -1.29. The Morgan fingerprint density at radius 1 is 1.44 bits per heavy atom. The number of ether oxygens (including phenoxy) is 3. The average molecular weight is 252 g/mol. The van der Waals surface area contributed by atoms with E-state index in [2.05, 4.69) is 0 Å². The Morgan fingerprint density at radius 3 is 2.83 bits per heavy atom. The highest BCUT2D eigenvalue weighted by atomic mass is 16.7. The van der Waals surface area contributed by atoms with Crippen LogP contribution >= 0.6 is 0 Å². The maximum Gasteiger partial charge on any atom is 0.339 e. The molecule has 0 bridgehead atoms. The minimum Gasteiger partial charge on any atom is -0.464 e. The van der Waals surface area contributed by atoms with Crippen LogP contribution in [0.4, 0.5) is 0 Å². The largest absolute Gasteiger partial charge is 0.464 e. The zero-order chi connectivity index (χ0) is 13.3. The van der Waals surface area contributed by atoms with E-state index in [1.165, 1.54) is 0 Å². The van der Waals surface area contributed by atoms with Gasteiger partial charge < -0.3 is 19.3 Å². The molecule has 1 unspecified atom stereocenters. The standard InChI is InChI=1S/C13H16O5/c1-4-16-13(15)11(14)9-5-10-12(18-6-17-10)8(3)7(9)2/h5,11,14H,4,6H2,1-3H3. The molecule has 0 saturated carbocycles. The van der Waals surface area contributed by atoms with E-state index in [-0.39, 0.29) is 13.4 Å². The van der Waals surface area contributed by atoms with Gasteiger partial charge in [0.15, 0.2) is 17.6 Å². The second kappa shape index (κ2) is 4.86. The van der Waals surface area contributed by atoms with Gasteiger partial charge in [-0.05, 0) is 43.5 Å². The van der Waals surface area contributed by atoms with Crippen LogP contribution in [-0.4, -0.2) is 24.5 Å². The van der Waals surface area contributed by atoms with E-state index < -0.39 is 12.1 Å². The van der Waals surface area contributed by atoms with Crippen molar-refractivity contribution in [2.24, 2.45) is 0 Å². The summed E-state index contributed by atoms with van der Waals surface area (Å²) in [5.74, 6) is 0.572. The highest BCUT2D eigenvalue weighted by Gasteiger charge is 2.26. The summed E-state index contributed by atoms with van der Waals surface area (Å²) in [5, 5.41) is 9.99. The lowest BCUT2D eigenvalue weighted by Crippen LogP contribution is -2.16. The lowest BCUT2D eigenvalue weighted by molar-refractivity contribution is -0.153. The molecule has 1 aliphatic rings. The summed E-state index contributed by atoms with van der Waals surface area (Å²) in [7, 11) is 0. The van der Waals surface area contributed by atoms with Gasteiger partial charge in [0, 0.05) is 0 Å². The molecule has 0 spiro atoms. The molecule has 5 nitrogen and oxygen atoms in total. The molecule has 0 saturated heterocycles. The second-order valence-electron chi connectivity index (χ2n) is 4.10. The van der Waals surface area contributed by atoms with Crippen molar-refractivity contribution in [2.45, 2.75) is 26.9 Å². The molecule has 1 atom stereocenters. The zero-order valence-electron chi connectivity index (χ0n) is 10.6. The van der Waals surface area contributed by atoms with Crippen LogP contribution in [0.25, 0.3) is 0 Å². The van der Waals surface area contributed by atoms with Gasteiger partial charge in [0.05, 0.1) is 6.61 Å². The van der Waals surface area contributed by atoms with Crippen molar-refractivity contribution in [3.05, 3.63) is 22.8 Å². The van der Waals surface area contributed by atoms with Crippen molar-refractivity contribution in [3.63, 3.8) is 0 Å². The van der Waals surface area contributed by atoms with Crippen LogP contribution in [0.15, 0.2) is 6.07 Å². The number of hydrogen-bond donors (Lipinski definition) is 1. The summed E-state index contributed by atoms with van der Waals surface area (Å²) >= 11 is 0. The molecule has 1 aromatic carbocycles. The Bertz CT molecular complexity index is 481.